The van der Waals surface area contributed by atoms with E-state index in [0.717, 1.165) is 6.42 Å². The Bertz CT molecular complexity index is 592. The fraction of sp³-hybridized carbons (Fsp3) is 0.294. The number of hydrogen-bond acceptors (Lipinski definition) is 1. The SMILES string of the molecule is NC(Cc1ccc2c(c1)CCC2)c1ccccc1F. The average Bonchev–Trinajstić information content (AvgIpc) is 2.86. The topological polar surface area (TPSA) is 26.0 Å². The number of rotatable bonds is 3. The molecule has 1 nitrogen and oxygen atoms in total. The molecule has 1 unspecified atom stereocenters. The van der Waals surface area contributed by atoms with Crippen LogP contribution in [-0.2, 0) is 19.3 Å². The van der Waals surface area contributed by atoms with Crippen LogP contribution in [0.25, 0.3) is 0 Å². The first kappa shape index (κ1) is 12.4. The Balaban J connectivity index is 1.80. The number of benzene rings is 2. The van der Waals surface area contributed by atoms with Crippen LogP contribution in [0.2, 0.25) is 0 Å². The summed E-state index contributed by atoms with van der Waals surface area (Å²) in [4.78, 5) is 0. The molecule has 0 aliphatic heterocycles. The molecule has 3 rings (SSSR count). The summed E-state index contributed by atoms with van der Waals surface area (Å²) in [6.07, 6.45) is 4.29. The second-order valence-electron chi connectivity index (χ2n) is 5.29. The molecule has 2 N–H and O–H groups in total. The Hall–Kier alpha value is -1.67. The molecule has 0 heterocycles. The molecule has 0 spiro atoms. The van der Waals surface area contributed by atoms with E-state index in [1.54, 1.807) is 12.1 Å². The highest BCUT2D eigenvalue weighted by atomic mass is 19.1. The van der Waals surface area contributed by atoms with Crippen LogP contribution in [-0.4, -0.2) is 0 Å². The minimum Gasteiger partial charge on any atom is -0.324 e. The highest BCUT2D eigenvalue weighted by molar-refractivity contribution is 5.36. The van der Waals surface area contributed by atoms with Gasteiger partial charge in [-0.1, -0.05) is 36.4 Å². The molecule has 19 heavy (non-hydrogen) atoms. The Morgan fingerprint density at radius 2 is 1.84 bits per heavy atom. The lowest BCUT2D eigenvalue weighted by Crippen LogP contribution is -2.15. The highest BCUT2D eigenvalue weighted by Crippen LogP contribution is 2.25. The van der Waals surface area contributed by atoms with Gasteiger partial charge in [-0.3, -0.25) is 0 Å². The lowest BCUT2D eigenvalue weighted by Gasteiger charge is -2.14. The van der Waals surface area contributed by atoms with Gasteiger partial charge in [-0.05, 0) is 48.4 Å². The van der Waals surface area contributed by atoms with Gasteiger partial charge in [-0.15, -0.1) is 0 Å². The molecule has 2 aromatic carbocycles. The minimum atomic E-state index is -0.277. The number of halogens is 1. The zero-order valence-corrected chi connectivity index (χ0v) is 10.9. The summed E-state index contributed by atoms with van der Waals surface area (Å²) in [5, 5.41) is 0. The first-order valence-corrected chi connectivity index (χ1v) is 6.85. The summed E-state index contributed by atoms with van der Waals surface area (Å²) in [6.45, 7) is 0. The highest BCUT2D eigenvalue weighted by Gasteiger charge is 2.14. The van der Waals surface area contributed by atoms with Gasteiger partial charge in [-0.25, -0.2) is 4.39 Å². The van der Waals surface area contributed by atoms with Crippen molar-refractivity contribution in [3.05, 3.63) is 70.5 Å². The van der Waals surface area contributed by atoms with Crippen LogP contribution in [0, 0.1) is 5.82 Å². The van der Waals surface area contributed by atoms with Gasteiger partial charge >= 0.3 is 0 Å². The summed E-state index contributed by atoms with van der Waals surface area (Å²) in [6, 6.07) is 13.1. The lowest BCUT2D eigenvalue weighted by atomic mass is 9.97. The van der Waals surface area contributed by atoms with Crippen molar-refractivity contribution in [1.29, 1.82) is 0 Å². The van der Waals surface area contributed by atoms with E-state index in [1.165, 1.54) is 35.6 Å². The van der Waals surface area contributed by atoms with Gasteiger partial charge in [0.2, 0.25) is 0 Å². The van der Waals surface area contributed by atoms with Crippen molar-refractivity contribution in [3.8, 4) is 0 Å². The Morgan fingerprint density at radius 1 is 1.05 bits per heavy atom. The van der Waals surface area contributed by atoms with Gasteiger partial charge in [0, 0.05) is 11.6 Å². The normalized spacial score (nSPS) is 15.3. The van der Waals surface area contributed by atoms with Crippen LogP contribution in [0.5, 0.6) is 0 Å². The minimum absolute atomic E-state index is 0.212. The third kappa shape index (κ3) is 2.54. The predicted molar refractivity (Wildman–Crippen MR) is 75.5 cm³/mol. The predicted octanol–water partition coefficient (Wildman–Crippen LogP) is 3.56. The molecule has 0 aromatic heterocycles. The van der Waals surface area contributed by atoms with Crippen molar-refractivity contribution in [2.45, 2.75) is 31.7 Å². The Morgan fingerprint density at radius 3 is 2.68 bits per heavy atom. The van der Waals surface area contributed by atoms with E-state index in [9.17, 15) is 4.39 Å². The van der Waals surface area contributed by atoms with Crippen LogP contribution < -0.4 is 5.73 Å². The second kappa shape index (κ2) is 5.14. The fourth-order valence-electron chi connectivity index (χ4n) is 2.89. The van der Waals surface area contributed by atoms with Gasteiger partial charge < -0.3 is 5.73 Å². The maximum absolute atomic E-state index is 13.7. The first-order chi connectivity index (χ1) is 9.24. The number of nitrogens with two attached hydrogens (primary N) is 1. The maximum atomic E-state index is 13.7. The maximum Gasteiger partial charge on any atom is 0.127 e. The molecule has 0 saturated carbocycles. The molecule has 2 heteroatoms. The van der Waals surface area contributed by atoms with E-state index in [0.29, 0.717) is 12.0 Å². The van der Waals surface area contributed by atoms with Crippen LogP contribution in [0.4, 0.5) is 4.39 Å². The zero-order valence-electron chi connectivity index (χ0n) is 10.9. The van der Waals surface area contributed by atoms with Crippen molar-refractivity contribution in [3.63, 3.8) is 0 Å². The van der Waals surface area contributed by atoms with Gasteiger partial charge in [0.1, 0.15) is 5.82 Å². The van der Waals surface area contributed by atoms with Crippen molar-refractivity contribution >= 4 is 0 Å². The number of fused-ring (bicyclic) bond motifs is 1. The molecule has 0 radical (unpaired) electrons. The zero-order chi connectivity index (χ0) is 13.2. The largest absolute Gasteiger partial charge is 0.324 e. The van der Waals surface area contributed by atoms with E-state index in [-0.39, 0.29) is 11.9 Å². The smallest absolute Gasteiger partial charge is 0.127 e. The molecule has 1 atom stereocenters. The molecule has 0 fully saturated rings. The Labute approximate surface area is 113 Å². The van der Waals surface area contributed by atoms with Crippen molar-refractivity contribution < 1.29 is 4.39 Å². The second-order valence-corrected chi connectivity index (χ2v) is 5.29. The molecule has 1 aliphatic rings. The van der Waals surface area contributed by atoms with Crippen LogP contribution >= 0.6 is 0 Å². The van der Waals surface area contributed by atoms with E-state index in [1.807, 2.05) is 6.07 Å². The monoisotopic (exact) mass is 255 g/mol. The first-order valence-electron chi connectivity index (χ1n) is 6.85. The van der Waals surface area contributed by atoms with Gasteiger partial charge in [-0.2, -0.15) is 0 Å². The van der Waals surface area contributed by atoms with E-state index < -0.39 is 0 Å². The molecule has 0 saturated heterocycles. The Kier molecular flexibility index (Phi) is 3.34. The van der Waals surface area contributed by atoms with Gasteiger partial charge in [0.05, 0.1) is 0 Å². The van der Waals surface area contributed by atoms with E-state index >= 15 is 0 Å². The molecule has 0 amide bonds. The van der Waals surface area contributed by atoms with Gasteiger partial charge in [0.15, 0.2) is 0 Å². The standard InChI is InChI=1S/C17H18FN/c18-16-7-2-1-6-15(16)17(19)11-12-8-9-13-4-3-5-14(13)10-12/h1-2,6-10,17H,3-5,11,19H2. The van der Waals surface area contributed by atoms with Crippen LogP contribution in [0.15, 0.2) is 42.5 Å². The van der Waals surface area contributed by atoms with E-state index in [4.69, 9.17) is 5.73 Å². The lowest BCUT2D eigenvalue weighted by molar-refractivity contribution is 0.580. The molecule has 0 bridgehead atoms. The molecular formula is C17H18FN. The average molecular weight is 255 g/mol. The molecule has 2 aromatic rings. The quantitative estimate of drug-likeness (QED) is 0.891. The van der Waals surface area contributed by atoms with Gasteiger partial charge in [0.25, 0.3) is 0 Å². The summed E-state index contributed by atoms with van der Waals surface area (Å²) >= 11 is 0. The molecular weight excluding hydrogens is 237 g/mol. The number of aryl methyl sites for hydroxylation is 2. The van der Waals surface area contributed by atoms with Crippen molar-refractivity contribution in [1.82, 2.24) is 0 Å². The van der Waals surface area contributed by atoms with Crippen LogP contribution in [0.1, 0.15) is 34.7 Å². The van der Waals surface area contributed by atoms with E-state index in [2.05, 4.69) is 18.2 Å². The summed E-state index contributed by atoms with van der Waals surface area (Å²) in [5.41, 5.74) is 10.8. The van der Waals surface area contributed by atoms with Crippen molar-refractivity contribution in [2.24, 2.45) is 5.73 Å². The molecule has 1 aliphatic carbocycles. The fourth-order valence-corrected chi connectivity index (χ4v) is 2.89. The third-order valence-corrected chi connectivity index (χ3v) is 3.92. The third-order valence-electron chi connectivity index (χ3n) is 3.92. The summed E-state index contributed by atoms with van der Waals surface area (Å²) in [7, 11) is 0. The van der Waals surface area contributed by atoms with Crippen molar-refractivity contribution in [2.75, 3.05) is 0 Å². The summed E-state index contributed by atoms with van der Waals surface area (Å²) in [5.74, 6) is -0.212. The molecule has 98 valence electrons. The van der Waals surface area contributed by atoms with Crippen LogP contribution in [0.3, 0.4) is 0 Å². The number of hydrogen-bond donors (Lipinski definition) is 1. The summed E-state index contributed by atoms with van der Waals surface area (Å²) < 4.78 is 13.7.